The van der Waals surface area contributed by atoms with Gasteiger partial charge >= 0.3 is 0 Å². The largest absolute Gasteiger partial charge is 0.496 e. The van der Waals surface area contributed by atoms with Crippen molar-refractivity contribution in [3.8, 4) is 5.75 Å². The molecule has 1 N–H and O–H groups in total. The Hall–Kier alpha value is -2.09. The maximum absolute atomic E-state index is 12.9. The highest BCUT2D eigenvalue weighted by molar-refractivity contribution is 7.89. The van der Waals surface area contributed by atoms with Gasteiger partial charge in [-0.15, -0.1) is 0 Å². The Bertz CT molecular complexity index is 969. The Balaban J connectivity index is 1.63. The SMILES string of the molecule is CCc1ccc(S(=O)(=O)N2CCC(NC(=O)c3cc(Cl)ccc3OC)CC2)cc1. The second-order valence-corrected chi connectivity index (χ2v) is 9.37. The summed E-state index contributed by atoms with van der Waals surface area (Å²) in [5.41, 5.74) is 1.47. The molecular formula is C21H25ClN2O4S. The van der Waals surface area contributed by atoms with E-state index in [1.165, 1.54) is 11.4 Å². The number of aryl methyl sites for hydroxylation is 1. The van der Waals surface area contributed by atoms with E-state index >= 15 is 0 Å². The molecule has 156 valence electrons. The van der Waals surface area contributed by atoms with Crippen molar-refractivity contribution >= 4 is 27.5 Å². The van der Waals surface area contributed by atoms with Gasteiger partial charge in [0.25, 0.3) is 5.91 Å². The van der Waals surface area contributed by atoms with Crippen LogP contribution in [0.5, 0.6) is 5.75 Å². The van der Waals surface area contributed by atoms with Crippen LogP contribution < -0.4 is 10.1 Å². The van der Waals surface area contributed by atoms with Crippen LogP contribution in [0.15, 0.2) is 47.4 Å². The number of nitrogens with one attached hydrogen (secondary N) is 1. The lowest BCUT2D eigenvalue weighted by Crippen LogP contribution is -2.46. The molecule has 0 bridgehead atoms. The zero-order chi connectivity index (χ0) is 21.0. The van der Waals surface area contributed by atoms with Crippen LogP contribution >= 0.6 is 11.6 Å². The number of hydrogen-bond donors (Lipinski definition) is 1. The summed E-state index contributed by atoms with van der Waals surface area (Å²) >= 11 is 6.00. The minimum Gasteiger partial charge on any atom is -0.496 e. The van der Waals surface area contributed by atoms with E-state index in [1.54, 1.807) is 30.3 Å². The number of methoxy groups -OCH3 is 1. The van der Waals surface area contributed by atoms with Gasteiger partial charge < -0.3 is 10.1 Å². The molecule has 0 unspecified atom stereocenters. The summed E-state index contributed by atoms with van der Waals surface area (Å²) in [7, 11) is -2.03. The molecule has 2 aromatic rings. The number of halogens is 1. The van der Waals surface area contributed by atoms with E-state index in [-0.39, 0.29) is 11.9 Å². The Morgan fingerprint density at radius 3 is 2.41 bits per heavy atom. The predicted molar refractivity (Wildman–Crippen MR) is 113 cm³/mol. The van der Waals surface area contributed by atoms with Gasteiger partial charge in [-0.1, -0.05) is 30.7 Å². The fourth-order valence-corrected chi connectivity index (χ4v) is 5.05. The number of amides is 1. The first kappa shape index (κ1) is 21.6. The number of carbonyl (C=O) groups is 1. The molecule has 0 radical (unpaired) electrons. The summed E-state index contributed by atoms with van der Waals surface area (Å²) in [5.74, 6) is 0.170. The lowest BCUT2D eigenvalue weighted by atomic mass is 10.1. The molecular weight excluding hydrogens is 412 g/mol. The summed E-state index contributed by atoms with van der Waals surface area (Å²) in [6.45, 7) is 2.74. The molecule has 1 fully saturated rings. The van der Waals surface area contributed by atoms with Gasteiger partial charge in [0.05, 0.1) is 17.6 Å². The molecule has 0 atom stereocenters. The summed E-state index contributed by atoms with van der Waals surface area (Å²) in [6.07, 6.45) is 1.95. The zero-order valence-electron chi connectivity index (χ0n) is 16.5. The molecule has 1 aliphatic rings. The van der Waals surface area contributed by atoms with Crippen molar-refractivity contribution in [1.29, 1.82) is 0 Å². The normalized spacial score (nSPS) is 15.8. The van der Waals surface area contributed by atoms with Gasteiger partial charge in [0.1, 0.15) is 5.75 Å². The minimum atomic E-state index is -3.52. The number of hydrogen-bond acceptors (Lipinski definition) is 4. The van der Waals surface area contributed by atoms with E-state index in [9.17, 15) is 13.2 Å². The van der Waals surface area contributed by atoms with Crippen molar-refractivity contribution in [3.05, 3.63) is 58.6 Å². The number of ether oxygens (including phenoxy) is 1. The predicted octanol–water partition coefficient (Wildman–Crippen LogP) is 3.49. The van der Waals surface area contributed by atoms with E-state index in [0.29, 0.717) is 47.2 Å². The van der Waals surface area contributed by atoms with Gasteiger partial charge in [-0.25, -0.2) is 8.42 Å². The number of piperidine rings is 1. The number of sulfonamides is 1. The van der Waals surface area contributed by atoms with Crippen molar-refractivity contribution in [2.75, 3.05) is 20.2 Å². The third-order valence-electron chi connectivity index (χ3n) is 5.16. The van der Waals surface area contributed by atoms with Gasteiger partial charge in [-0.3, -0.25) is 4.79 Å². The van der Waals surface area contributed by atoms with Crippen molar-refractivity contribution in [3.63, 3.8) is 0 Å². The Morgan fingerprint density at radius 1 is 1.17 bits per heavy atom. The molecule has 2 aromatic carbocycles. The average Bonchev–Trinajstić information content (AvgIpc) is 2.74. The molecule has 1 amide bonds. The van der Waals surface area contributed by atoms with Crippen LogP contribution in [0.3, 0.4) is 0 Å². The van der Waals surface area contributed by atoms with E-state index in [0.717, 1.165) is 12.0 Å². The first-order valence-electron chi connectivity index (χ1n) is 9.58. The second-order valence-electron chi connectivity index (χ2n) is 6.99. The summed E-state index contributed by atoms with van der Waals surface area (Å²) in [4.78, 5) is 12.9. The van der Waals surface area contributed by atoms with E-state index < -0.39 is 10.0 Å². The summed E-state index contributed by atoms with van der Waals surface area (Å²) in [6, 6.07) is 11.8. The highest BCUT2D eigenvalue weighted by Gasteiger charge is 2.30. The maximum atomic E-state index is 12.9. The van der Waals surface area contributed by atoms with Crippen LogP contribution in [-0.2, 0) is 16.4 Å². The molecule has 3 rings (SSSR count). The van der Waals surface area contributed by atoms with E-state index in [2.05, 4.69) is 5.32 Å². The first-order valence-corrected chi connectivity index (χ1v) is 11.4. The minimum absolute atomic E-state index is 0.111. The molecule has 8 heteroatoms. The molecule has 0 spiro atoms. The van der Waals surface area contributed by atoms with Crippen LogP contribution in [0.25, 0.3) is 0 Å². The van der Waals surface area contributed by atoms with Crippen LogP contribution in [-0.4, -0.2) is 44.9 Å². The third-order valence-corrected chi connectivity index (χ3v) is 7.31. The van der Waals surface area contributed by atoms with Gasteiger partial charge in [0, 0.05) is 24.2 Å². The molecule has 1 saturated heterocycles. The molecule has 29 heavy (non-hydrogen) atoms. The van der Waals surface area contributed by atoms with Crippen LogP contribution in [0.1, 0.15) is 35.7 Å². The quantitative estimate of drug-likeness (QED) is 0.752. The fraction of sp³-hybridized carbons (Fsp3) is 0.381. The van der Waals surface area contributed by atoms with Crippen molar-refractivity contribution < 1.29 is 17.9 Å². The highest BCUT2D eigenvalue weighted by Crippen LogP contribution is 2.24. The molecule has 0 aliphatic carbocycles. The number of carbonyl (C=O) groups excluding carboxylic acids is 1. The standard InChI is InChI=1S/C21H25ClN2O4S/c1-3-15-4-7-18(8-5-15)29(26,27)24-12-10-17(11-13-24)23-21(25)19-14-16(22)6-9-20(19)28-2/h4-9,14,17H,3,10-13H2,1-2H3,(H,23,25). The van der Waals surface area contributed by atoms with E-state index in [1.807, 2.05) is 19.1 Å². The van der Waals surface area contributed by atoms with Gasteiger partial charge in [0.15, 0.2) is 0 Å². The fourth-order valence-electron chi connectivity index (χ4n) is 3.41. The van der Waals surface area contributed by atoms with Crippen LogP contribution in [0.2, 0.25) is 5.02 Å². The van der Waals surface area contributed by atoms with Crippen LogP contribution in [0.4, 0.5) is 0 Å². The topological polar surface area (TPSA) is 75.7 Å². The Morgan fingerprint density at radius 2 is 1.83 bits per heavy atom. The maximum Gasteiger partial charge on any atom is 0.255 e. The molecule has 1 aliphatic heterocycles. The number of rotatable bonds is 6. The smallest absolute Gasteiger partial charge is 0.255 e. The number of nitrogens with zero attached hydrogens (tertiary/aromatic N) is 1. The van der Waals surface area contributed by atoms with Gasteiger partial charge in [-0.2, -0.15) is 4.31 Å². The Labute approximate surface area is 176 Å². The van der Waals surface area contributed by atoms with Crippen LogP contribution in [0, 0.1) is 0 Å². The molecule has 0 saturated carbocycles. The van der Waals surface area contributed by atoms with Gasteiger partial charge in [0.2, 0.25) is 10.0 Å². The zero-order valence-corrected chi connectivity index (χ0v) is 18.1. The van der Waals surface area contributed by atoms with Crippen molar-refractivity contribution in [2.45, 2.75) is 37.1 Å². The summed E-state index contributed by atoms with van der Waals surface area (Å²) in [5, 5.41) is 3.41. The summed E-state index contributed by atoms with van der Waals surface area (Å²) < 4.78 is 32.4. The van der Waals surface area contributed by atoms with E-state index in [4.69, 9.17) is 16.3 Å². The second kappa shape index (κ2) is 9.15. The third kappa shape index (κ3) is 4.91. The Kier molecular flexibility index (Phi) is 6.82. The number of benzene rings is 2. The average molecular weight is 437 g/mol. The van der Waals surface area contributed by atoms with Gasteiger partial charge in [-0.05, 0) is 55.2 Å². The molecule has 6 nitrogen and oxygen atoms in total. The highest BCUT2D eigenvalue weighted by atomic mass is 35.5. The molecule has 0 aromatic heterocycles. The lowest BCUT2D eigenvalue weighted by molar-refractivity contribution is 0.0921. The van der Waals surface area contributed by atoms with Crippen molar-refractivity contribution in [2.24, 2.45) is 0 Å². The molecule has 1 heterocycles. The lowest BCUT2D eigenvalue weighted by Gasteiger charge is -2.31. The monoisotopic (exact) mass is 436 g/mol. The van der Waals surface area contributed by atoms with Crippen molar-refractivity contribution in [1.82, 2.24) is 9.62 Å². The first-order chi connectivity index (χ1) is 13.8.